The minimum atomic E-state index is -2.30. The lowest BCUT2D eigenvalue weighted by atomic mass is 9.44. The summed E-state index contributed by atoms with van der Waals surface area (Å²) < 4.78 is 15.7. The molecule has 2 bridgehead atoms. The van der Waals surface area contributed by atoms with Crippen molar-refractivity contribution in [3.63, 3.8) is 0 Å². The van der Waals surface area contributed by atoms with Gasteiger partial charge in [0.2, 0.25) is 0 Å². The fourth-order valence-corrected chi connectivity index (χ4v) is 10.4. The Bertz CT molecular complexity index is 1190. The molecule has 1 aliphatic heterocycles. The summed E-state index contributed by atoms with van der Waals surface area (Å²) in [7, 11) is 1.11. The van der Waals surface area contributed by atoms with Gasteiger partial charge in [-0.3, -0.25) is 4.79 Å². The summed E-state index contributed by atoms with van der Waals surface area (Å²) in [6, 6.07) is 1.61. The minimum Gasteiger partial charge on any atom is -0.472 e. The second-order valence-electron chi connectivity index (χ2n) is 13.0. The lowest BCUT2D eigenvalue weighted by molar-refractivity contribution is -0.335. The van der Waals surface area contributed by atoms with Crippen LogP contribution in [0.1, 0.15) is 58.1 Å². The Balaban J connectivity index is 1.60. The van der Waals surface area contributed by atoms with E-state index in [1.165, 1.54) is 12.5 Å². The average Bonchev–Trinajstić information content (AvgIpc) is 3.46. The zero-order valence-corrected chi connectivity index (χ0v) is 21.8. The van der Waals surface area contributed by atoms with E-state index in [2.05, 4.69) is 0 Å². The van der Waals surface area contributed by atoms with Crippen LogP contribution in [-0.4, -0.2) is 84.8 Å². The molecular formula is C27H36O11. The molecule has 0 spiro atoms. The van der Waals surface area contributed by atoms with E-state index in [4.69, 9.17) is 13.9 Å². The molecule has 210 valence electrons. The van der Waals surface area contributed by atoms with E-state index in [-0.39, 0.29) is 19.3 Å². The molecule has 4 aliphatic carbocycles. The van der Waals surface area contributed by atoms with Crippen LogP contribution in [-0.2, 0) is 19.1 Å². The quantitative estimate of drug-likeness (QED) is 0.281. The lowest BCUT2D eigenvalue weighted by Crippen LogP contribution is -2.78. The van der Waals surface area contributed by atoms with Crippen molar-refractivity contribution >= 4 is 11.9 Å². The Morgan fingerprint density at radius 2 is 1.87 bits per heavy atom. The van der Waals surface area contributed by atoms with E-state index in [0.717, 1.165) is 7.11 Å². The predicted octanol–water partition coefficient (Wildman–Crippen LogP) is -0.191. The molecule has 11 nitrogen and oxygen atoms in total. The molecule has 2 heterocycles. The molecule has 11 heteroatoms. The third-order valence-electron chi connectivity index (χ3n) is 11.9. The fourth-order valence-electron chi connectivity index (χ4n) is 10.4. The van der Waals surface area contributed by atoms with Gasteiger partial charge in [-0.05, 0) is 31.2 Å². The average molecular weight is 537 g/mol. The summed E-state index contributed by atoms with van der Waals surface area (Å²) >= 11 is 0. The van der Waals surface area contributed by atoms with E-state index in [9.17, 15) is 40.2 Å². The van der Waals surface area contributed by atoms with Gasteiger partial charge in [0.05, 0.1) is 43.9 Å². The van der Waals surface area contributed by atoms with Crippen molar-refractivity contribution in [1.29, 1.82) is 0 Å². The number of methoxy groups -OCH3 is 1. The van der Waals surface area contributed by atoms with Gasteiger partial charge >= 0.3 is 11.9 Å². The van der Waals surface area contributed by atoms with Crippen LogP contribution in [0, 0.1) is 34.0 Å². The fraction of sp³-hybridized carbons (Fsp3) is 0.778. The highest BCUT2D eigenvalue weighted by atomic mass is 16.6. The second kappa shape index (κ2) is 7.38. The first-order valence-electron chi connectivity index (χ1n) is 13.1. The van der Waals surface area contributed by atoms with Crippen LogP contribution in [0.2, 0.25) is 0 Å². The number of carbonyl (C=O) groups is 2. The zero-order chi connectivity index (χ0) is 27.8. The molecule has 1 aromatic rings. The van der Waals surface area contributed by atoms with Crippen molar-refractivity contribution in [1.82, 2.24) is 0 Å². The molecule has 0 amide bonds. The molecule has 6 N–H and O–H groups in total. The summed E-state index contributed by atoms with van der Waals surface area (Å²) in [6.07, 6.45) is -3.59. The summed E-state index contributed by atoms with van der Waals surface area (Å²) in [5.74, 6) is -5.35. The summed E-state index contributed by atoms with van der Waals surface area (Å²) in [5.41, 5.74) is -10.0. The van der Waals surface area contributed by atoms with Crippen LogP contribution in [0.15, 0.2) is 23.0 Å². The zero-order valence-electron chi connectivity index (χ0n) is 21.8. The standard InChI is InChI=1S/C27H36O11/c1-22-11-25(33)18(15(29)19(22)31)27(35)13(24(25,3)17(22)16(30)21(32)36-4)5-7-23(2)20(12-6-8-37-10-12)38-14(28)9-26(23,27)34/h6,8,10,13,15-20,29-31,33-35H,5,7,9,11H2,1-4H3/t13?,15-,16?,17+,18+,19+,20+,22-,23+,24-,25+,26-,27+/m1/s1. The van der Waals surface area contributed by atoms with E-state index >= 15 is 0 Å². The van der Waals surface area contributed by atoms with Gasteiger partial charge in [0.25, 0.3) is 0 Å². The van der Waals surface area contributed by atoms with E-state index in [1.807, 2.05) is 0 Å². The number of esters is 2. The normalized spacial score (nSPS) is 55.6. The Hall–Kier alpha value is -2.02. The third kappa shape index (κ3) is 2.44. The number of ether oxygens (including phenoxy) is 2. The first-order valence-corrected chi connectivity index (χ1v) is 13.1. The maximum Gasteiger partial charge on any atom is 0.335 e. The SMILES string of the molecule is COC(=O)C(O)[C@H]1[C@@]2(C)C[C@]3(O)[C@H]([C@@H](O)[C@@H]2O)[C@@]2(O)C(CC[C@@]4(C)[C@H](c5ccoc5)OC(=O)C[C@@]42O)[C@]13C. The first-order chi connectivity index (χ1) is 17.6. The number of rotatable bonds is 3. The number of hydrogen-bond donors (Lipinski definition) is 6. The summed E-state index contributed by atoms with van der Waals surface area (Å²) in [5, 5.41) is 72.2. The molecule has 13 atom stereocenters. The maximum atomic E-state index is 13.0. The minimum absolute atomic E-state index is 0.153. The highest BCUT2D eigenvalue weighted by molar-refractivity contribution is 5.76. The number of aliphatic hydroxyl groups excluding tert-OH is 3. The molecule has 5 fully saturated rings. The van der Waals surface area contributed by atoms with Gasteiger partial charge in [-0.1, -0.05) is 20.8 Å². The Morgan fingerprint density at radius 1 is 1.18 bits per heavy atom. The van der Waals surface area contributed by atoms with Crippen molar-refractivity contribution in [2.24, 2.45) is 34.0 Å². The molecule has 5 aliphatic rings. The topological polar surface area (TPSA) is 187 Å². The van der Waals surface area contributed by atoms with Crippen LogP contribution in [0.4, 0.5) is 0 Å². The van der Waals surface area contributed by atoms with E-state index in [0.29, 0.717) is 5.56 Å². The molecule has 2 unspecified atom stereocenters. The largest absolute Gasteiger partial charge is 0.472 e. The van der Waals surface area contributed by atoms with Gasteiger partial charge in [0.1, 0.15) is 17.3 Å². The molecule has 1 aromatic heterocycles. The van der Waals surface area contributed by atoms with Gasteiger partial charge in [-0.2, -0.15) is 0 Å². The van der Waals surface area contributed by atoms with Crippen molar-refractivity contribution in [3.05, 3.63) is 24.2 Å². The van der Waals surface area contributed by atoms with Crippen molar-refractivity contribution in [2.45, 2.75) is 87.7 Å². The second-order valence-corrected chi connectivity index (χ2v) is 13.0. The van der Waals surface area contributed by atoms with Gasteiger partial charge in [0, 0.05) is 33.6 Å². The number of furan rings is 1. The van der Waals surface area contributed by atoms with Crippen molar-refractivity contribution in [2.75, 3.05) is 7.11 Å². The van der Waals surface area contributed by atoms with Crippen LogP contribution in [0.5, 0.6) is 0 Å². The van der Waals surface area contributed by atoms with E-state index < -0.39 is 93.6 Å². The van der Waals surface area contributed by atoms with Crippen molar-refractivity contribution in [3.8, 4) is 0 Å². The number of cyclic esters (lactones) is 1. The van der Waals surface area contributed by atoms with E-state index in [1.54, 1.807) is 26.8 Å². The van der Waals surface area contributed by atoms with Gasteiger partial charge < -0.3 is 44.5 Å². The molecule has 6 rings (SSSR count). The number of hydrogen-bond acceptors (Lipinski definition) is 11. The Kier molecular flexibility index (Phi) is 5.09. The van der Waals surface area contributed by atoms with Gasteiger partial charge in [-0.15, -0.1) is 0 Å². The van der Waals surface area contributed by atoms with Crippen LogP contribution >= 0.6 is 0 Å². The Labute approximate surface area is 219 Å². The predicted molar refractivity (Wildman–Crippen MR) is 126 cm³/mol. The molecule has 0 aromatic carbocycles. The molecule has 1 saturated heterocycles. The summed E-state index contributed by atoms with van der Waals surface area (Å²) in [6.45, 7) is 4.93. The monoisotopic (exact) mass is 536 g/mol. The first kappa shape index (κ1) is 26.2. The van der Waals surface area contributed by atoms with Crippen LogP contribution in [0.3, 0.4) is 0 Å². The van der Waals surface area contributed by atoms with Crippen LogP contribution < -0.4 is 0 Å². The highest BCUT2D eigenvalue weighted by Gasteiger charge is 2.91. The maximum absolute atomic E-state index is 13.0. The lowest BCUT2D eigenvalue weighted by Gasteiger charge is -2.66. The number of fused-ring (bicyclic) bond motifs is 6. The molecular weight excluding hydrogens is 500 g/mol. The Morgan fingerprint density at radius 3 is 2.47 bits per heavy atom. The number of carbonyl (C=O) groups excluding carboxylic acids is 2. The third-order valence-corrected chi connectivity index (χ3v) is 11.9. The van der Waals surface area contributed by atoms with Gasteiger partial charge in [-0.25, -0.2) is 4.79 Å². The molecule has 38 heavy (non-hydrogen) atoms. The summed E-state index contributed by atoms with van der Waals surface area (Å²) in [4.78, 5) is 25.7. The highest BCUT2D eigenvalue weighted by Crippen LogP contribution is 2.82. The molecule has 0 radical (unpaired) electrons. The van der Waals surface area contributed by atoms with Crippen molar-refractivity contribution < 1.29 is 54.1 Å². The molecule has 4 saturated carbocycles. The smallest absolute Gasteiger partial charge is 0.335 e. The van der Waals surface area contributed by atoms with Crippen LogP contribution in [0.25, 0.3) is 0 Å². The number of aliphatic hydroxyl groups is 6. The van der Waals surface area contributed by atoms with Gasteiger partial charge in [0.15, 0.2) is 6.10 Å².